The fourth-order valence-electron chi connectivity index (χ4n) is 1.86. The van der Waals surface area contributed by atoms with Crippen molar-refractivity contribution in [1.29, 1.82) is 0 Å². The molecule has 24 heavy (non-hydrogen) atoms. The molecule has 124 valence electrons. The van der Waals surface area contributed by atoms with Crippen LogP contribution >= 0.6 is 23.1 Å². The molecule has 2 heterocycles. The number of nitrogens with zero attached hydrogens (tertiary/aromatic N) is 1. The van der Waals surface area contributed by atoms with Gasteiger partial charge in [0.15, 0.2) is 22.6 Å². The number of anilines is 1. The van der Waals surface area contributed by atoms with Crippen molar-refractivity contribution in [3.63, 3.8) is 0 Å². The number of halogens is 3. The molecule has 0 aliphatic heterocycles. The number of thiophene rings is 1. The van der Waals surface area contributed by atoms with Gasteiger partial charge in [-0.1, -0.05) is 11.8 Å². The monoisotopic (exact) mass is 371 g/mol. The Morgan fingerprint density at radius 1 is 1.25 bits per heavy atom. The van der Waals surface area contributed by atoms with Gasteiger partial charge in [0.1, 0.15) is 4.83 Å². The number of nitrogens with one attached hydrogen (secondary N) is 2. The van der Waals surface area contributed by atoms with Gasteiger partial charge in [0.25, 0.3) is 5.56 Å². The second-order valence-corrected chi connectivity index (χ2v) is 6.43. The van der Waals surface area contributed by atoms with Gasteiger partial charge in [-0.05, 0) is 23.6 Å². The van der Waals surface area contributed by atoms with E-state index >= 15 is 0 Å². The summed E-state index contributed by atoms with van der Waals surface area (Å²) < 4.78 is 39.4. The SMILES string of the molecule is O=C(CSc1nc2sccc2c(=O)[nH]1)Nc1ccc(F)c(F)c1F. The number of hydrogen-bond donors (Lipinski definition) is 2. The number of aromatic nitrogens is 2. The molecule has 10 heteroatoms. The Morgan fingerprint density at radius 3 is 2.83 bits per heavy atom. The number of carbonyl (C=O) groups excluding carboxylic acids is 1. The molecule has 0 bridgehead atoms. The molecule has 1 aromatic carbocycles. The fourth-order valence-corrected chi connectivity index (χ4v) is 3.34. The summed E-state index contributed by atoms with van der Waals surface area (Å²) in [7, 11) is 0. The van der Waals surface area contributed by atoms with E-state index < -0.39 is 29.0 Å². The smallest absolute Gasteiger partial charge is 0.260 e. The Hall–Kier alpha value is -2.33. The highest BCUT2D eigenvalue weighted by Crippen LogP contribution is 2.21. The molecule has 0 aliphatic carbocycles. The molecule has 0 saturated heterocycles. The number of amides is 1. The van der Waals surface area contributed by atoms with E-state index in [2.05, 4.69) is 15.3 Å². The van der Waals surface area contributed by atoms with E-state index in [1.807, 2.05) is 0 Å². The minimum Gasteiger partial charge on any atom is -0.323 e. The van der Waals surface area contributed by atoms with Crippen molar-refractivity contribution in [3.8, 4) is 0 Å². The molecule has 0 fully saturated rings. The molecular formula is C14H8F3N3O2S2. The molecule has 2 aromatic heterocycles. The van der Waals surface area contributed by atoms with Crippen molar-refractivity contribution < 1.29 is 18.0 Å². The van der Waals surface area contributed by atoms with Crippen LogP contribution in [0.4, 0.5) is 18.9 Å². The minimum atomic E-state index is -1.66. The number of fused-ring (bicyclic) bond motifs is 1. The number of H-pyrrole nitrogens is 1. The van der Waals surface area contributed by atoms with Gasteiger partial charge in [0, 0.05) is 0 Å². The second kappa shape index (κ2) is 6.65. The summed E-state index contributed by atoms with van der Waals surface area (Å²) in [6, 6.07) is 3.28. The van der Waals surface area contributed by atoms with Gasteiger partial charge in [-0.15, -0.1) is 11.3 Å². The van der Waals surface area contributed by atoms with Crippen molar-refractivity contribution in [2.75, 3.05) is 11.1 Å². The predicted molar refractivity (Wildman–Crippen MR) is 85.9 cm³/mol. The van der Waals surface area contributed by atoms with Crippen LogP contribution < -0.4 is 10.9 Å². The first-order valence-corrected chi connectivity index (χ1v) is 8.36. The van der Waals surface area contributed by atoms with E-state index in [-0.39, 0.29) is 16.5 Å². The third kappa shape index (κ3) is 3.29. The first kappa shape index (κ1) is 16.5. The molecule has 0 aliphatic rings. The summed E-state index contributed by atoms with van der Waals surface area (Å²) in [5, 5.41) is 4.55. The summed E-state index contributed by atoms with van der Waals surface area (Å²) in [5.74, 6) is -5.32. The lowest BCUT2D eigenvalue weighted by molar-refractivity contribution is -0.113. The Morgan fingerprint density at radius 2 is 2.04 bits per heavy atom. The van der Waals surface area contributed by atoms with Gasteiger partial charge in [-0.25, -0.2) is 18.2 Å². The number of hydrogen-bond acceptors (Lipinski definition) is 5. The normalized spacial score (nSPS) is 11.0. The van der Waals surface area contributed by atoms with Gasteiger partial charge in [0.2, 0.25) is 5.91 Å². The van der Waals surface area contributed by atoms with Crippen LogP contribution in [0.5, 0.6) is 0 Å². The number of thioether (sulfide) groups is 1. The zero-order valence-electron chi connectivity index (χ0n) is 11.7. The molecule has 5 nitrogen and oxygen atoms in total. The number of carbonyl (C=O) groups is 1. The molecule has 3 aromatic rings. The Balaban J connectivity index is 1.69. The lowest BCUT2D eigenvalue weighted by Crippen LogP contribution is -2.16. The molecule has 0 unspecified atom stereocenters. The zero-order valence-corrected chi connectivity index (χ0v) is 13.4. The number of aromatic amines is 1. The van der Waals surface area contributed by atoms with Gasteiger partial charge in [0.05, 0.1) is 16.8 Å². The topological polar surface area (TPSA) is 74.8 Å². The van der Waals surface area contributed by atoms with E-state index in [1.165, 1.54) is 11.3 Å². The maximum atomic E-state index is 13.5. The third-order valence-electron chi connectivity index (χ3n) is 2.96. The number of benzene rings is 1. The Labute approximate surface area is 140 Å². The van der Waals surface area contributed by atoms with Crippen molar-refractivity contribution >= 4 is 44.9 Å². The maximum Gasteiger partial charge on any atom is 0.260 e. The molecule has 2 N–H and O–H groups in total. The van der Waals surface area contributed by atoms with Crippen LogP contribution in [0, 0.1) is 17.5 Å². The lowest BCUT2D eigenvalue weighted by Gasteiger charge is -2.07. The van der Waals surface area contributed by atoms with Gasteiger partial charge in [-0.2, -0.15) is 0 Å². The second-order valence-electron chi connectivity index (χ2n) is 4.57. The molecule has 0 radical (unpaired) electrons. The summed E-state index contributed by atoms with van der Waals surface area (Å²) >= 11 is 2.22. The van der Waals surface area contributed by atoms with Gasteiger partial charge < -0.3 is 10.3 Å². The molecular weight excluding hydrogens is 363 g/mol. The molecule has 0 spiro atoms. The average Bonchev–Trinajstić information content (AvgIpc) is 3.03. The van der Waals surface area contributed by atoms with E-state index in [1.54, 1.807) is 11.4 Å². The fraction of sp³-hybridized carbons (Fsp3) is 0.0714. The zero-order chi connectivity index (χ0) is 17.3. The molecule has 1 amide bonds. The van der Waals surface area contributed by atoms with Crippen molar-refractivity contribution in [2.45, 2.75) is 5.16 Å². The van der Waals surface area contributed by atoms with Crippen LogP contribution in [0.3, 0.4) is 0 Å². The Kier molecular flexibility index (Phi) is 4.58. The minimum absolute atomic E-state index is 0.196. The van der Waals surface area contributed by atoms with Crippen LogP contribution in [0.2, 0.25) is 0 Å². The lowest BCUT2D eigenvalue weighted by atomic mass is 10.3. The van der Waals surface area contributed by atoms with Crippen LogP contribution in [0.25, 0.3) is 10.2 Å². The third-order valence-corrected chi connectivity index (χ3v) is 4.64. The largest absolute Gasteiger partial charge is 0.323 e. The van der Waals surface area contributed by atoms with Crippen LogP contribution in [0.1, 0.15) is 0 Å². The quantitative estimate of drug-likeness (QED) is 0.420. The first-order chi connectivity index (χ1) is 11.5. The summed E-state index contributed by atoms with van der Waals surface area (Å²) in [6.45, 7) is 0. The van der Waals surface area contributed by atoms with E-state index in [0.717, 1.165) is 17.8 Å². The maximum absolute atomic E-state index is 13.5. The Bertz CT molecular complexity index is 987. The van der Waals surface area contributed by atoms with Crippen LogP contribution in [-0.4, -0.2) is 21.6 Å². The highest BCUT2D eigenvalue weighted by molar-refractivity contribution is 7.99. The van der Waals surface area contributed by atoms with Crippen LogP contribution in [0.15, 0.2) is 33.5 Å². The first-order valence-electron chi connectivity index (χ1n) is 6.49. The summed E-state index contributed by atoms with van der Waals surface area (Å²) in [5.41, 5.74) is -0.787. The molecule has 0 atom stereocenters. The molecule has 3 rings (SSSR count). The summed E-state index contributed by atoms with van der Waals surface area (Å²) in [4.78, 5) is 30.8. The predicted octanol–water partition coefficient (Wildman–Crippen LogP) is 3.13. The van der Waals surface area contributed by atoms with Crippen molar-refractivity contribution in [3.05, 3.63) is 51.4 Å². The van der Waals surface area contributed by atoms with Crippen molar-refractivity contribution in [2.24, 2.45) is 0 Å². The van der Waals surface area contributed by atoms with Crippen LogP contribution in [-0.2, 0) is 4.79 Å². The van der Waals surface area contributed by atoms with E-state index in [4.69, 9.17) is 0 Å². The number of rotatable bonds is 4. The van der Waals surface area contributed by atoms with Gasteiger partial charge >= 0.3 is 0 Å². The van der Waals surface area contributed by atoms with Gasteiger partial charge in [-0.3, -0.25) is 9.59 Å². The molecule has 0 saturated carbocycles. The van der Waals surface area contributed by atoms with E-state index in [0.29, 0.717) is 16.3 Å². The highest BCUT2D eigenvalue weighted by atomic mass is 32.2. The standard InChI is InChI=1S/C14H8F3N3O2S2/c15-7-1-2-8(11(17)10(7)16)18-9(21)5-24-14-19-12(22)6-3-4-23-13(6)20-14/h1-4H,5H2,(H,18,21)(H,19,20,22). The van der Waals surface area contributed by atoms with E-state index in [9.17, 15) is 22.8 Å². The highest BCUT2D eigenvalue weighted by Gasteiger charge is 2.15. The van der Waals surface area contributed by atoms with Crippen molar-refractivity contribution in [1.82, 2.24) is 9.97 Å². The summed E-state index contributed by atoms with van der Waals surface area (Å²) in [6.07, 6.45) is 0. The average molecular weight is 371 g/mol.